The lowest BCUT2D eigenvalue weighted by molar-refractivity contribution is -0.125. The third-order valence-corrected chi connectivity index (χ3v) is 3.45. The fraction of sp³-hybridized carbons (Fsp3) is 0.526. The Labute approximate surface area is 154 Å². The van der Waals surface area contributed by atoms with Crippen LogP contribution in [0.15, 0.2) is 24.3 Å². The number of carbonyl (C=O) groups is 3. The number of carbonyl (C=O) groups excluding carboxylic acids is 3. The molecule has 0 radical (unpaired) electrons. The predicted octanol–water partition coefficient (Wildman–Crippen LogP) is 3.50. The summed E-state index contributed by atoms with van der Waals surface area (Å²) in [5, 5.41) is 5.37. The van der Waals surface area contributed by atoms with Crippen LogP contribution in [0.25, 0.3) is 0 Å². The van der Waals surface area contributed by atoms with Crippen molar-refractivity contribution < 1.29 is 23.9 Å². The monoisotopic (exact) mass is 364 g/mol. The summed E-state index contributed by atoms with van der Waals surface area (Å²) in [6.07, 6.45) is 1.07. The van der Waals surface area contributed by atoms with E-state index < -0.39 is 17.7 Å². The van der Waals surface area contributed by atoms with Gasteiger partial charge < -0.3 is 14.8 Å². The van der Waals surface area contributed by atoms with Gasteiger partial charge in [-0.2, -0.15) is 0 Å². The first-order valence-electron chi connectivity index (χ1n) is 8.71. The van der Waals surface area contributed by atoms with Crippen molar-refractivity contribution in [1.82, 2.24) is 5.32 Å². The van der Waals surface area contributed by atoms with Crippen molar-refractivity contribution in [1.29, 1.82) is 0 Å². The molecule has 0 aliphatic rings. The van der Waals surface area contributed by atoms with Crippen molar-refractivity contribution >= 4 is 23.7 Å². The second-order valence-electron chi connectivity index (χ2n) is 6.86. The van der Waals surface area contributed by atoms with E-state index in [2.05, 4.69) is 10.6 Å². The molecule has 1 aromatic carbocycles. The van der Waals surface area contributed by atoms with Crippen LogP contribution in [0.5, 0.6) is 0 Å². The summed E-state index contributed by atoms with van der Waals surface area (Å²) < 4.78 is 10.2. The molecule has 1 aromatic rings. The first kappa shape index (κ1) is 21.5. The van der Waals surface area contributed by atoms with E-state index >= 15 is 0 Å². The summed E-state index contributed by atoms with van der Waals surface area (Å²) in [4.78, 5) is 35.4. The molecule has 144 valence electrons. The molecule has 0 aliphatic heterocycles. The molecular weight excluding hydrogens is 336 g/mol. The first-order chi connectivity index (χ1) is 12.1. The largest absolute Gasteiger partial charge is 0.452 e. The van der Waals surface area contributed by atoms with Gasteiger partial charge in [-0.15, -0.1) is 0 Å². The molecule has 0 aliphatic carbocycles. The number of nitrogens with one attached hydrogen (secondary N) is 2. The quantitative estimate of drug-likeness (QED) is 0.722. The van der Waals surface area contributed by atoms with Crippen molar-refractivity contribution in [2.24, 2.45) is 0 Å². The topological polar surface area (TPSA) is 93.7 Å². The number of hydrogen-bond donors (Lipinski definition) is 2. The Kier molecular flexibility index (Phi) is 8.09. The zero-order chi connectivity index (χ0) is 19.7. The maximum atomic E-state index is 12.0. The van der Waals surface area contributed by atoms with E-state index in [0.717, 1.165) is 12.8 Å². The molecule has 0 atom stereocenters. The Hall–Kier alpha value is -2.57. The molecule has 0 fully saturated rings. The van der Waals surface area contributed by atoms with Gasteiger partial charge in [-0.05, 0) is 57.9 Å². The van der Waals surface area contributed by atoms with Crippen LogP contribution in [0.1, 0.15) is 57.8 Å². The molecule has 2 amide bonds. The van der Waals surface area contributed by atoms with E-state index in [1.54, 1.807) is 32.9 Å². The van der Waals surface area contributed by atoms with Crippen LogP contribution in [0.3, 0.4) is 0 Å². The highest BCUT2D eigenvalue weighted by Gasteiger charge is 2.17. The van der Waals surface area contributed by atoms with Gasteiger partial charge in [-0.1, -0.05) is 13.8 Å². The van der Waals surface area contributed by atoms with Crippen LogP contribution in [0.2, 0.25) is 0 Å². The summed E-state index contributed by atoms with van der Waals surface area (Å²) in [6.45, 7) is 8.94. The number of hydrogen-bond acceptors (Lipinski definition) is 5. The minimum atomic E-state index is -0.603. The van der Waals surface area contributed by atoms with E-state index in [1.165, 1.54) is 12.1 Å². The van der Waals surface area contributed by atoms with Crippen molar-refractivity contribution in [3.8, 4) is 0 Å². The summed E-state index contributed by atoms with van der Waals surface area (Å²) >= 11 is 0. The summed E-state index contributed by atoms with van der Waals surface area (Å²) in [6, 6.07) is 6.22. The van der Waals surface area contributed by atoms with Gasteiger partial charge in [-0.3, -0.25) is 10.1 Å². The van der Waals surface area contributed by atoms with Crippen molar-refractivity contribution in [2.45, 2.75) is 59.1 Å². The van der Waals surface area contributed by atoms with Gasteiger partial charge in [-0.25, -0.2) is 9.59 Å². The number of esters is 1. The number of ether oxygens (including phenoxy) is 2. The number of amides is 2. The molecular formula is C19H28N2O5. The van der Waals surface area contributed by atoms with Gasteiger partial charge in [0.1, 0.15) is 5.60 Å². The Morgan fingerprint density at radius 3 is 2.12 bits per heavy atom. The van der Waals surface area contributed by atoms with Gasteiger partial charge in [0.05, 0.1) is 5.56 Å². The minimum Gasteiger partial charge on any atom is -0.452 e. The molecule has 0 spiro atoms. The summed E-state index contributed by atoms with van der Waals surface area (Å²) in [5.41, 5.74) is 0.181. The van der Waals surface area contributed by atoms with Crippen LogP contribution in [0, 0.1) is 0 Å². The van der Waals surface area contributed by atoms with Crippen molar-refractivity contribution in [2.75, 3.05) is 11.9 Å². The summed E-state index contributed by atoms with van der Waals surface area (Å²) in [7, 11) is 0. The Morgan fingerprint density at radius 2 is 1.62 bits per heavy atom. The molecule has 0 bridgehead atoms. The van der Waals surface area contributed by atoms with E-state index in [-0.39, 0.29) is 24.1 Å². The average molecular weight is 364 g/mol. The number of rotatable bonds is 7. The molecule has 7 heteroatoms. The van der Waals surface area contributed by atoms with E-state index in [1.807, 2.05) is 13.8 Å². The van der Waals surface area contributed by atoms with Crippen molar-refractivity contribution in [3.63, 3.8) is 0 Å². The smallest absolute Gasteiger partial charge is 0.412 e. The molecule has 0 saturated carbocycles. The fourth-order valence-electron chi connectivity index (χ4n) is 2.09. The van der Waals surface area contributed by atoms with Gasteiger partial charge in [0, 0.05) is 11.7 Å². The SMILES string of the molecule is CCC(CC)NC(=O)COC(=O)c1ccc(NC(=O)OC(C)(C)C)cc1. The highest BCUT2D eigenvalue weighted by molar-refractivity contribution is 5.92. The van der Waals surface area contributed by atoms with E-state index in [4.69, 9.17) is 9.47 Å². The molecule has 26 heavy (non-hydrogen) atoms. The predicted molar refractivity (Wildman–Crippen MR) is 99.1 cm³/mol. The lowest BCUT2D eigenvalue weighted by Crippen LogP contribution is -2.36. The van der Waals surface area contributed by atoms with Crippen LogP contribution < -0.4 is 10.6 Å². The normalized spacial score (nSPS) is 11.0. The third kappa shape index (κ3) is 8.00. The van der Waals surface area contributed by atoms with Gasteiger partial charge in [0.25, 0.3) is 5.91 Å². The van der Waals surface area contributed by atoms with Gasteiger partial charge in [0.15, 0.2) is 6.61 Å². The van der Waals surface area contributed by atoms with Gasteiger partial charge >= 0.3 is 12.1 Å². The van der Waals surface area contributed by atoms with E-state index in [0.29, 0.717) is 5.69 Å². The van der Waals surface area contributed by atoms with Crippen LogP contribution in [0.4, 0.5) is 10.5 Å². The fourth-order valence-corrected chi connectivity index (χ4v) is 2.09. The zero-order valence-corrected chi connectivity index (χ0v) is 16.0. The van der Waals surface area contributed by atoms with Crippen molar-refractivity contribution in [3.05, 3.63) is 29.8 Å². The Balaban J connectivity index is 2.51. The van der Waals surface area contributed by atoms with Crippen LogP contribution in [-0.4, -0.2) is 36.2 Å². The molecule has 1 rings (SSSR count). The highest BCUT2D eigenvalue weighted by Crippen LogP contribution is 2.13. The lowest BCUT2D eigenvalue weighted by Gasteiger charge is -2.19. The standard InChI is InChI=1S/C19H28N2O5/c1-6-14(7-2)20-16(22)12-25-17(23)13-8-10-15(11-9-13)21-18(24)26-19(3,4)5/h8-11,14H,6-7,12H2,1-5H3,(H,20,22)(H,21,24). The molecule has 0 unspecified atom stereocenters. The van der Waals surface area contributed by atoms with Gasteiger partial charge in [0.2, 0.25) is 0 Å². The molecule has 0 saturated heterocycles. The zero-order valence-electron chi connectivity index (χ0n) is 16.0. The lowest BCUT2D eigenvalue weighted by atomic mass is 10.2. The first-order valence-corrected chi connectivity index (χ1v) is 8.71. The van der Waals surface area contributed by atoms with E-state index in [9.17, 15) is 14.4 Å². The van der Waals surface area contributed by atoms with Crippen LogP contribution >= 0.6 is 0 Å². The minimum absolute atomic E-state index is 0.0828. The Morgan fingerprint density at radius 1 is 1.04 bits per heavy atom. The number of benzene rings is 1. The summed E-state index contributed by atoms with van der Waals surface area (Å²) in [5.74, 6) is -0.927. The Bertz CT molecular complexity index is 616. The molecule has 7 nitrogen and oxygen atoms in total. The maximum Gasteiger partial charge on any atom is 0.412 e. The highest BCUT2D eigenvalue weighted by atomic mass is 16.6. The molecule has 0 aromatic heterocycles. The second-order valence-corrected chi connectivity index (χ2v) is 6.86. The molecule has 0 heterocycles. The third-order valence-electron chi connectivity index (χ3n) is 3.45. The maximum absolute atomic E-state index is 12.0. The number of anilines is 1. The van der Waals surface area contributed by atoms with Crippen LogP contribution in [-0.2, 0) is 14.3 Å². The average Bonchev–Trinajstić information content (AvgIpc) is 2.56. The second kappa shape index (κ2) is 9.79. The molecule has 2 N–H and O–H groups in total.